The number of alkyl halides is 3. The molecule has 0 amide bonds. The number of hydrogen-bond acceptors (Lipinski definition) is 6. The van der Waals surface area contributed by atoms with Gasteiger partial charge in [-0.05, 0) is 6.54 Å². The van der Waals surface area contributed by atoms with Crippen molar-refractivity contribution >= 4 is 11.6 Å². The predicted octanol–water partition coefficient (Wildman–Crippen LogP) is 0.923. The number of nitrogen functional groups attached to an aromatic ring is 1. The van der Waals surface area contributed by atoms with Crippen molar-refractivity contribution in [2.75, 3.05) is 43.0 Å². The van der Waals surface area contributed by atoms with Gasteiger partial charge in [-0.2, -0.15) is 13.2 Å². The Morgan fingerprint density at radius 1 is 1.25 bits per heavy atom. The van der Waals surface area contributed by atoms with Crippen molar-refractivity contribution in [2.45, 2.75) is 13.1 Å². The maximum Gasteiger partial charge on any atom is 0.451 e. The molecular weight excluding hydrogens is 273 g/mol. The van der Waals surface area contributed by atoms with E-state index in [1.807, 2.05) is 4.90 Å². The number of piperazine rings is 1. The van der Waals surface area contributed by atoms with E-state index in [9.17, 15) is 13.2 Å². The van der Waals surface area contributed by atoms with Gasteiger partial charge in [-0.3, -0.25) is 0 Å². The molecule has 0 unspecified atom stereocenters. The molecule has 1 fully saturated rings. The van der Waals surface area contributed by atoms with Gasteiger partial charge in [0.05, 0.1) is 0 Å². The fourth-order valence-corrected chi connectivity index (χ4v) is 2.09. The summed E-state index contributed by atoms with van der Waals surface area (Å²) >= 11 is 0. The molecule has 2 heterocycles. The summed E-state index contributed by atoms with van der Waals surface area (Å²) in [4.78, 5) is 11.0. The Morgan fingerprint density at radius 2 is 1.90 bits per heavy atom. The highest BCUT2D eigenvalue weighted by Crippen LogP contribution is 2.29. The van der Waals surface area contributed by atoms with Gasteiger partial charge in [0.25, 0.3) is 0 Å². The molecule has 20 heavy (non-hydrogen) atoms. The van der Waals surface area contributed by atoms with E-state index in [1.54, 1.807) is 0 Å². The van der Waals surface area contributed by atoms with Crippen LogP contribution in [0.4, 0.5) is 24.8 Å². The molecule has 1 aromatic heterocycles. The summed E-state index contributed by atoms with van der Waals surface area (Å²) in [6, 6.07) is 1.43. The van der Waals surface area contributed by atoms with E-state index in [0.717, 1.165) is 19.6 Å². The zero-order chi connectivity index (χ0) is 14.8. The molecule has 0 radical (unpaired) electrons. The average Bonchev–Trinajstić information content (AvgIpc) is 2.46. The summed E-state index contributed by atoms with van der Waals surface area (Å²) in [7, 11) is 0. The van der Waals surface area contributed by atoms with E-state index in [4.69, 9.17) is 5.84 Å². The predicted molar refractivity (Wildman–Crippen MR) is 69.2 cm³/mol. The zero-order valence-electron chi connectivity index (χ0n) is 11.1. The lowest BCUT2D eigenvalue weighted by molar-refractivity contribution is -0.144. The lowest BCUT2D eigenvalue weighted by Crippen LogP contribution is -2.46. The number of halogens is 3. The highest BCUT2D eigenvalue weighted by atomic mass is 19.4. The lowest BCUT2D eigenvalue weighted by Gasteiger charge is -2.34. The molecule has 1 aliphatic rings. The van der Waals surface area contributed by atoms with Crippen LogP contribution in [0.1, 0.15) is 12.7 Å². The Balaban J connectivity index is 2.23. The van der Waals surface area contributed by atoms with E-state index in [0.29, 0.717) is 13.1 Å². The largest absolute Gasteiger partial charge is 0.451 e. The minimum Gasteiger partial charge on any atom is -0.354 e. The van der Waals surface area contributed by atoms with Crippen molar-refractivity contribution in [1.29, 1.82) is 0 Å². The second kappa shape index (κ2) is 5.80. The first-order chi connectivity index (χ1) is 9.44. The van der Waals surface area contributed by atoms with E-state index in [2.05, 4.69) is 27.2 Å². The molecule has 6 nitrogen and oxygen atoms in total. The first-order valence-electron chi connectivity index (χ1n) is 6.34. The molecular formula is C11H17F3N6. The highest BCUT2D eigenvalue weighted by molar-refractivity contribution is 5.49. The summed E-state index contributed by atoms with van der Waals surface area (Å²) < 4.78 is 38.2. The Morgan fingerprint density at radius 3 is 2.40 bits per heavy atom. The van der Waals surface area contributed by atoms with Crippen molar-refractivity contribution in [3.63, 3.8) is 0 Å². The fourth-order valence-electron chi connectivity index (χ4n) is 2.09. The third-order valence-electron chi connectivity index (χ3n) is 3.26. The second-order valence-electron chi connectivity index (χ2n) is 4.50. The maximum atomic E-state index is 12.7. The van der Waals surface area contributed by atoms with Gasteiger partial charge in [0.1, 0.15) is 11.6 Å². The van der Waals surface area contributed by atoms with Crippen molar-refractivity contribution in [3.8, 4) is 0 Å². The Kier molecular flexibility index (Phi) is 4.29. The normalized spacial score (nSPS) is 17.4. The van der Waals surface area contributed by atoms with Gasteiger partial charge in [0.2, 0.25) is 5.82 Å². The van der Waals surface area contributed by atoms with Gasteiger partial charge in [-0.25, -0.2) is 15.8 Å². The maximum absolute atomic E-state index is 12.7. The van der Waals surface area contributed by atoms with Crippen LogP contribution in [0.2, 0.25) is 0 Å². The number of rotatable bonds is 3. The summed E-state index contributed by atoms with van der Waals surface area (Å²) in [6.07, 6.45) is -4.59. The van der Waals surface area contributed by atoms with Gasteiger partial charge in [0.15, 0.2) is 0 Å². The monoisotopic (exact) mass is 290 g/mol. The third kappa shape index (κ3) is 3.28. The minimum absolute atomic E-state index is 0.0414. The quantitative estimate of drug-likeness (QED) is 0.637. The van der Waals surface area contributed by atoms with E-state index in [-0.39, 0.29) is 11.6 Å². The van der Waals surface area contributed by atoms with Gasteiger partial charge < -0.3 is 15.2 Å². The van der Waals surface area contributed by atoms with Gasteiger partial charge >= 0.3 is 6.18 Å². The van der Waals surface area contributed by atoms with Gasteiger partial charge in [-0.1, -0.05) is 6.92 Å². The van der Waals surface area contributed by atoms with E-state index in [1.165, 1.54) is 6.07 Å². The van der Waals surface area contributed by atoms with E-state index >= 15 is 0 Å². The molecule has 2 rings (SSSR count). The van der Waals surface area contributed by atoms with Gasteiger partial charge in [0, 0.05) is 32.2 Å². The fraction of sp³-hybridized carbons (Fsp3) is 0.636. The van der Waals surface area contributed by atoms with Crippen molar-refractivity contribution in [2.24, 2.45) is 5.84 Å². The van der Waals surface area contributed by atoms with Crippen LogP contribution in [0.15, 0.2) is 6.07 Å². The summed E-state index contributed by atoms with van der Waals surface area (Å²) in [5.74, 6) is 4.19. The van der Waals surface area contributed by atoms with Crippen molar-refractivity contribution in [1.82, 2.24) is 14.9 Å². The molecule has 0 aliphatic carbocycles. The lowest BCUT2D eigenvalue weighted by atomic mass is 10.3. The molecule has 0 saturated carbocycles. The Bertz CT molecular complexity index is 456. The van der Waals surface area contributed by atoms with Gasteiger partial charge in [-0.15, -0.1) is 0 Å². The summed E-state index contributed by atoms with van der Waals surface area (Å²) in [6.45, 7) is 5.85. The van der Waals surface area contributed by atoms with Crippen LogP contribution in [0, 0.1) is 0 Å². The molecule has 1 aliphatic heterocycles. The van der Waals surface area contributed by atoms with Crippen LogP contribution in [0.25, 0.3) is 0 Å². The Hall–Kier alpha value is -1.61. The van der Waals surface area contributed by atoms with Crippen LogP contribution >= 0.6 is 0 Å². The summed E-state index contributed by atoms with van der Waals surface area (Å²) in [5, 5.41) is 0. The smallest absolute Gasteiger partial charge is 0.354 e. The molecule has 112 valence electrons. The van der Waals surface area contributed by atoms with Crippen LogP contribution in [0.5, 0.6) is 0 Å². The van der Waals surface area contributed by atoms with Crippen LogP contribution in [-0.2, 0) is 6.18 Å². The number of anilines is 2. The standard InChI is InChI=1S/C11H17F3N6/c1-2-19-3-5-20(6-4-19)9-7-8(18-15)16-10(17-9)11(12,13)14/h7H,2-6,15H2,1H3,(H,16,17,18). The van der Waals surface area contributed by atoms with Crippen LogP contribution < -0.4 is 16.2 Å². The highest BCUT2D eigenvalue weighted by Gasteiger charge is 2.36. The molecule has 0 spiro atoms. The first kappa shape index (κ1) is 14.8. The Labute approximate surface area is 114 Å². The first-order valence-corrected chi connectivity index (χ1v) is 6.34. The number of nitrogens with zero attached hydrogens (tertiary/aromatic N) is 4. The minimum atomic E-state index is -4.59. The number of nitrogens with one attached hydrogen (secondary N) is 1. The summed E-state index contributed by atoms with van der Waals surface area (Å²) in [5.41, 5.74) is 2.15. The number of nitrogens with two attached hydrogens (primary N) is 1. The van der Waals surface area contributed by atoms with Crippen molar-refractivity contribution < 1.29 is 13.2 Å². The zero-order valence-corrected chi connectivity index (χ0v) is 11.1. The molecule has 0 bridgehead atoms. The molecule has 0 atom stereocenters. The third-order valence-corrected chi connectivity index (χ3v) is 3.26. The SMILES string of the molecule is CCN1CCN(c2cc(NN)nc(C(F)(F)F)n2)CC1. The molecule has 9 heteroatoms. The molecule has 0 aromatic carbocycles. The molecule has 1 saturated heterocycles. The second-order valence-corrected chi connectivity index (χ2v) is 4.50. The number of hydrazine groups is 1. The number of likely N-dealkylation sites (N-methyl/N-ethyl adjacent to an activating group) is 1. The molecule has 3 N–H and O–H groups in total. The van der Waals surface area contributed by atoms with Crippen LogP contribution in [0.3, 0.4) is 0 Å². The van der Waals surface area contributed by atoms with Crippen molar-refractivity contribution in [3.05, 3.63) is 11.9 Å². The topological polar surface area (TPSA) is 70.3 Å². The van der Waals surface area contributed by atoms with E-state index < -0.39 is 12.0 Å². The van der Waals surface area contributed by atoms with Crippen LogP contribution in [-0.4, -0.2) is 47.6 Å². The number of aromatic nitrogens is 2. The number of hydrogen-bond donors (Lipinski definition) is 2. The molecule has 1 aromatic rings. The average molecular weight is 290 g/mol.